The van der Waals surface area contributed by atoms with E-state index in [1.165, 1.54) is 0 Å². The van der Waals surface area contributed by atoms with Gasteiger partial charge in [-0.25, -0.2) is 4.79 Å². The number of esters is 1. The molecule has 5 nitrogen and oxygen atoms in total. The molecule has 0 aliphatic heterocycles. The lowest BCUT2D eigenvalue weighted by atomic mass is 10.2. The van der Waals surface area contributed by atoms with Crippen molar-refractivity contribution in [2.45, 2.75) is 26.7 Å². The Kier molecular flexibility index (Phi) is 7.01. The van der Waals surface area contributed by atoms with Crippen LogP contribution >= 0.6 is 0 Å². The number of hydrogen-bond acceptors (Lipinski definition) is 5. The van der Waals surface area contributed by atoms with Gasteiger partial charge in [-0.3, -0.25) is 4.99 Å². The highest BCUT2D eigenvalue weighted by Crippen LogP contribution is 2.26. The van der Waals surface area contributed by atoms with Crippen molar-refractivity contribution in [1.82, 2.24) is 0 Å². The van der Waals surface area contributed by atoms with Crippen LogP contribution in [0.4, 0.5) is 5.69 Å². The topological polar surface area (TPSA) is 68.1 Å². The average Bonchev–Trinajstić information content (AvgIpc) is 2.63. The standard InChI is InChI=1S/C20H23NO4/c1-3-5-12-25-20(23)16-7-9-17(10-8-16)21-14-15-6-11-18(22)19(13-15)24-4-2/h6-11,13-14,22H,3-5,12H2,1-2H3. The molecule has 2 aromatic carbocycles. The third-order valence-corrected chi connectivity index (χ3v) is 3.48. The maximum atomic E-state index is 11.8. The van der Waals surface area contributed by atoms with Gasteiger partial charge in [-0.1, -0.05) is 13.3 Å². The molecule has 0 fully saturated rings. The van der Waals surface area contributed by atoms with Gasteiger partial charge in [0.2, 0.25) is 0 Å². The molecule has 5 heteroatoms. The number of phenols is 1. The van der Waals surface area contributed by atoms with Crippen LogP contribution in [0.3, 0.4) is 0 Å². The summed E-state index contributed by atoms with van der Waals surface area (Å²) < 4.78 is 10.5. The quantitative estimate of drug-likeness (QED) is 0.436. The van der Waals surface area contributed by atoms with Crippen LogP contribution in [0.1, 0.15) is 42.6 Å². The van der Waals surface area contributed by atoms with Crippen LogP contribution in [0.15, 0.2) is 47.5 Å². The summed E-state index contributed by atoms with van der Waals surface area (Å²) in [5, 5.41) is 9.70. The number of rotatable bonds is 8. The molecule has 0 aromatic heterocycles. The third-order valence-electron chi connectivity index (χ3n) is 3.48. The highest BCUT2D eigenvalue weighted by atomic mass is 16.5. The van der Waals surface area contributed by atoms with Gasteiger partial charge in [0.1, 0.15) is 0 Å². The second-order valence-electron chi connectivity index (χ2n) is 5.45. The van der Waals surface area contributed by atoms with Gasteiger partial charge in [0, 0.05) is 6.21 Å². The molecule has 132 valence electrons. The summed E-state index contributed by atoms with van der Waals surface area (Å²) in [7, 11) is 0. The number of ether oxygens (including phenoxy) is 2. The van der Waals surface area contributed by atoms with Crippen LogP contribution in [-0.4, -0.2) is 30.5 Å². The summed E-state index contributed by atoms with van der Waals surface area (Å²) in [6, 6.07) is 12.0. The molecular weight excluding hydrogens is 318 g/mol. The van der Waals surface area contributed by atoms with Crippen molar-refractivity contribution in [3.05, 3.63) is 53.6 Å². The molecule has 2 aromatic rings. The molecule has 0 atom stereocenters. The van der Waals surface area contributed by atoms with E-state index in [1.54, 1.807) is 48.7 Å². The first kappa shape index (κ1) is 18.5. The van der Waals surface area contributed by atoms with Crippen molar-refractivity contribution in [3.63, 3.8) is 0 Å². The van der Waals surface area contributed by atoms with Gasteiger partial charge in [-0.05, 0) is 61.4 Å². The van der Waals surface area contributed by atoms with Crippen LogP contribution < -0.4 is 4.74 Å². The van der Waals surface area contributed by atoms with Gasteiger partial charge >= 0.3 is 5.97 Å². The molecule has 1 N–H and O–H groups in total. The number of carbonyl (C=O) groups excluding carboxylic acids is 1. The van der Waals surface area contributed by atoms with Crippen LogP contribution in [0, 0.1) is 0 Å². The van der Waals surface area contributed by atoms with Crippen LogP contribution in [0.5, 0.6) is 11.5 Å². The summed E-state index contributed by atoms with van der Waals surface area (Å²) in [6.07, 6.45) is 3.53. The number of carbonyl (C=O) groups is 1. The number of benzene rings is 2. The van der Waals surface area contributed by atoms with Crippen LogP contribution in [-0.2, 0) is 4.74 Å². The Hall–Kier alpha value is -2.82. The Balaban J connectivity index is 2.02. The van der Waals surface area contributed by atoms with E-state index in [2.05, 4.69) is 4.99 Å². The first-order valence-electron chi connectivity index (χ1n) is 8.41. The van der Waals surface area contributed by atoms with Crippen molar-refractivity contribution in [3.8, 4) is 11.5 Å². The Morgan fingerprint density at radius 3 is 2.60 bits per heavy atom. The SMILES string of the molecule is CCCCOC(=O)c1ccc(N=Cc2ccc(O)c(OCC)c2)cc1. The van der Waals surface area contributed by atoms with E-state index < -0.39 is 0 Å². The minimum Gasteiger partial charge on any atom is -0.504 e. The fraction of sp³-hybridized carbons (Fsp3) is 0.300. The number of aromatic hydroxyl groups is 1. The Morgan fingerprint density at radius 2 is 1.92 bits per heavy atom. The highest BCUT2D eigenvalue weighted by Gasteiger charge is 2.06. The summed E-state index contributed by atoms with van der Waals surface area (Å²) in [6.45, 7) is 4.82. The second kappa shape index (κ2) is 9.47. The number of hydrogen-bond donors (Lipinski definition) is 1. The van der Waals surface area contributed by atoms with Gasteiger partial charge in [0.15, 0.2) is 11.5 Å². The van der Waals surface area contributed by atoms with E-state index in [1.807, 2.05) is 13.8 Å². The van der Waals surface area contributed by atoms with Crippen LogP contribution in [0.2, 0.25) is 0 Å². The van der Waals surface area contributed by atoms with Gasteiger partial charge < -0.3 is 14.6 Å². The Labute approximate surface area is 147 Å². The summed E-state index contributed by atoms with van der Waals surface area (Å²) in [5.74, 6) is 0.213. The van der Waals surface area contributed by atoms with Gasteiger partial charge in [0.05, 0.1) is 24.5 Å². The van der Waals surface area contributed by atoms with E-state index >= 15 is 0 Å². The van der Waals surface area contributed by atoms with Crippen molar-refractivity contribution < 1.29 is 19.4 Å². The molecule has 0 saturated heterocycles. The van der Waals surface area contributed by atoms with Crippen molar-refractivity contribution in [2.75, 3.05) is 13.2 Å². The number of aliphatic imine (C=N–C) groups is 1. The number of phenolic OH excluding ortho intramolecular Hbond substituents is 1. The summed E-state index contributed by atoms with van der Waals surface area (Å²) >= 11 is 0. The zero-order chi connectivity index (χ0) is 18.1. The molecule has 0 unspecified atom stereocenters. The minimum atomic E-state index is -0.316. The molecule has 0 radical (unpaired) electrons. The zero-order valence-electron chi connectivity index (χ0n) is 14.6. The van der Waals surface area contributed by atoms with E-state index in [-0.39, 0.29) is 11.7 Å². The first-order valence-corrected chi connectivity index (χ1v) is 8.41. The van der Waals surface area contributed by atoms with Gasteiger partial charge in [-0.15, -0.1) is 0 Å². The third kappa shape index (κ3) is 5.64. The molecule has 2 rings (SSSR count). The van der Waals surface area contributed by atoms with E-state index in [0.29, 0.717) is 24.5 Å². The lowest BCUT2D eigenvalue weighted by Gasteiger charge is -2.06. The fourth-order valence-corrected chi connectivity index (χ4v) is 2.11. The smallest absolute Gasteiger partial charge is 0.338 e. The lowest BCUT2D eigenvalue weighted by molar-refractivity contribution is 0.0500. The number of nitrogens with zero attached hydrogens (tertiary/aromatic N) is 1. The van der Waals surface area contributed by atoms with Crippen molar-refractivity contribution in [1.29, 1.82) is 0 Å². The molecule has 25 heavy (non-hydrogen) atoms. The second-order valence-corrected chi connectivity index (χ2v) is 5.45. The highest BCUT2D eigenvalue weighted by molar-refractivity contribution is 5.90. The van der Waals surface area contributed by atoms with E-state index in [0.717, 1.165) is 24.1 Å². The maximum Gasteiger partial charge on any atom is 0.338 e. The first-order chi connectivity index (χ1) is 12.1. The molecular formula is C20H23NO4. The lowest BCUT2D eigenvalue weighted by Crippen LogP contribution is -2.05. The van der Waals surface area contributed by atoms with Gasteiger partial charge in [-0.2, -0.15) is 0 Å². The predicted molar refractivity (Wildman–Crippen MR) is 98.2 cm³/mol. The van der Waals surface area contributed by atoms with Crippen LogP contribution in [0.25, 0.3) is 0 Å². The Morgan fingerprint density at radius 1 is 1.16 bits per heavy atom. The molecule has 0 aliphatic carbocycles. The fourth-order valence-electron chi connectivity index (χ4n) is 2.11. The van der Waals surface area contributed by atoms with Crippen molar-refractivity contribution >= 4 is 17.9 Å². The Bertz CT molecular complexity index is 723. The molecule has 0 amide bonds. The van der Waals surface area contributed by atoms with E-state index in [4.69, 9.17) is 9.47 Å². The zero-order valence-corrected chi connectivity index (χ0v) is 14.6. The summed E-state index contributed by atoms with van der Waals surface area (Å²) in [4.78, 5) is 16.2. The van der Waals surface area contributed by atoms with E-state index in [9.17, 15) is 9.90 Å². The molecule has 0 spiro atoms. The van der Waals surface area contributed by atoms with Crippen molar-refractivity contribution in [2.24, 2.45) is 4.99 Å². The minimum absolute atomic E-state index is 0.102. The molecule has 0 heterocycles. The normalized spacial score (nSPS) is 10.8. The summed E-state index contributed by atoms with van der Waals surface area (Å²) in [5.41, 5.74) is 2.04. The molecule has 0 aliphatic rings. The van der Waals surface area contributed by atoms with Gasteiger partial charge in [0.25, 0.3) is 0 Å². The average molecular weight is 341 g/mol. The largest absolute Gasteiger partial charge is 0.504 e. The molecule has 0 bridgehead atoms. The maximum absolute atomic E-state index is 11.8. The number of unbranched alkanes of at least 4 members (excludes halogenated alkanes) is 1. The monoisotopic (exact) mass is 341 g/mol. The molecule has 0 saturated carbocycles. The predicted octanol–water partition coefficient (Wildman–Crippen LogP) is 4.50.